The summed E-state index contributed by atoms with van der Waals surface area (Å²) >= 11 is 0. The second kappa shape index (κ2) is 4.35. The minimum absolute atomic E-state index is 0.0259. The summed E-state index contributed by atoms with van der Waals surface area (Å²) < 4.78 is 15.7. The van der Waals surface area contributed by atoms with Crippen LogP contribution in [0.25, 0.3) is 0 Å². The molecule has 19 heavy (non-hydrogen) atoms. The molecule has 0 aromatic heterocycles. The van der Waals surface area contributed by atoms with Crippen molar-refractivity contribution in [2.75, 3.05) is 26.4 Å². The van der Waals surface area contributed by atoms with Crippen molar-refractivity contribution in [2.45, 2.75) is 31.9 Å². The van der Waals surface area contributed by atoms with Crippen molar-refractivity contribution in [3.8, 4) is 0 Å². The van der Waals surface area contributed by atoms with Crippen LogP contribution in [0, 0.1) is 5.41 Å². The SMILES string of the molecule is CC(C)(C)OC(=O)NC12COCC1(C(=O)O)COC2. The molecule has 2 saturated heterocycles. The average Bonchev–Trinajstić information content (AvgIpc) is 2.68. The van der Waals surface area contributed by atoms with Gasteiger partial charge in [0.1, 0.15) is 16.6 Å². The molecule has 0 spiro atoms. The van der Waals surface area contributed by atoms with Gasteiger partial charge in [0.25, 0.3) is 0 Å². The molecule has 2 rings (SSSR count). The van der Waals surface area contributed by atoms with Crippen LogP contribution < -0.4 is 5.32 Å². The zero-order valence-corrected chi connectivity index (χ0v) is 11.3. The highest BCUT2D eigenvalue weighted by Gasteiger charge is 2.66. The van der Waals surface area contributed by atoms with E-state index in [1.807, 2.05) is 0 Å². The smallest absolute Gasteiger partial charge is 0.408 e. The van der Waals surface area contributed by atoms with Gasteiger partial charge in [0, 0.05) is 0 Å². The van der Waals surface area contributed by atoms with E-state index in [1.165, 1.54) is 0 Å². The van der Waals surface area contributed by atoms with E-state index in [0.717, 1.165) is 0 Å². The van der Waals surface area contributed by atoms with E-state index in [4.69, 9.17) is 14.2 Å². The summed E-state index contributed by atoms with van der Waals surface area (Å²) in [6.07, 6.45) is -0.658. The van der Waals surface area contributed by atoms with Crippen molar-refractivity contribution in [3.63, 3.8) is 0 Å². The maximum atomic E-state index is 11.9. The van der Waals surface area contributed by atoms with Gasteiger partial charge in [-0.2, -0.15) is 0 Å². The van der Waals surface area contributed by atoms with Gasteiger partial charge in [0.15, 0.2) is 0 Å². The molecule has 2 N–H and O–H groups in total. The quantitative estimate of drug-likeness (QED) is 0.755. The van der Waals surface area contributed by atoms with Crippen LogP contribution >= 0.6 is 0 Å². The molecule has 0 radical (unpaired) electrons. The van der Waals surface area contributed by atoms with E-state index in [0.29, 0.717) is 0 Å². The number of carbonyl (C=O) groups is 2. The zero-order chi connectivity index (χ0) is 14.3. The number of nitrogens with one attached hydrogen (secondary N) is 1. The van der Waals surface area contributed by atoms with Crippen molar-refractivity contribution in [1.29, 1.82) is 0 Å². The zero-order valence-electron chi connectivity index (χ0n) is 11.3. The van der Waals surface area contributed by atoms with Crippen LogP contribution in [-0.4, -0.2) is 54.7 Å². The third-order valence-electron chi connectivity index (χ3n) is 3.46. The first-order valence-corrected chi connectivity index (χ1v) is 6.11. The highest BCUT2D eigenvalue weighted by Crippen LogP contribution is 2.43. The van der Waals surface area contributed by atoms with Gasteiger partial charge in [-0.15, -0.1) is 0 Å². The van der Waals surface area contributed by atoms with Crippen molar-refractivity contribution >= 4 is 12.1 Å². The van der Waals surface area contributed by atoms with Crippen molar-refractivity contribution < 1.29 is 28.9 Å². The first-order chi connectivity index (χ1) is 8.71. The Morgan fingerprint density at radius 2 is 1.68 bits per heavy atom. The predicted molar refractivity (Wildman–Crippen MR) is 63.8 cm³/mol. The van der Waals surface area contributed by atoms with Gasteiger partial charge >= 0.3 is 12.1 Å². The van der Waals surface area contributed by atoms with Gasteiger partial charge in [-0.1, -0.05) is 0 Å². The van der Waals surface area contributed by atoms with E-state index >= 15 is 0 Å². The van der Waals surface area contributed by atoms with Crippen LogP contribution in [0.1, 0.15) is 20.8 Å². The molecule has 0 atom stereocenters. The van der Waals surface area contributed by atoms with Gasteiger partial charge in [-0.25, -0.2) is 4.79 Å². The molecule has 7 heteroatoms. The first-order valence-electron chi connectivity index (χ1n) is 6.11. The Morgan fingerprint density at radius 1 is 1.16 bits per heavy atom. The summed E-state index contributed by atoms with van der Waals surface area (Å²) in [7, 11) is 0. The van der Waals surface area contributed by atoms with E-state index < -0.39 is 28.6 Å². The van der Waals surface area contributed by atoms with E-state index in [-0.39, 0.29) is 26.4 Å². The molecule has 2 aliphatic heterocycles. The number of hydrogen-bond acceptors (Lipinski definition) is 5. The largest absolute Gasteiger partial charge is 0.481 e. The summed E-state index contributed by atoms with van der Waals surface area (Å²) in [6, 6.07) is 0. The van der Waals surface area contributed by atoms with Gasteiger partial charge < -0.3 is 24.6 Å². The van der Waals surface area contributed by atoms with Crippen molar-refractivity contribution in [1.82, 2.24) is 5.32 Å². The van der Waals surface area contributed by atoms with Crippen LogP contribution in [0.2, 0.25) is 0 Å². The van der Waals surface area contributed by atoms with Crippen LogP contribution in [-0.2, 0) is 19.0 Å². The Labute approximate surface area is 111 Å². The molecule has 2 aliphatic rings. The Hall–Kier alpha value is -1.34. The van der Waals surface area contributed by atoms with E-state index in [9.17, 15) is 14.7 Å². The molecule has 2 fully saturated rings. The second-order valence-corrected chi connectivity index (χ2v) is 6.08. The Balaban J connectivity index is 2.17. The second-order valence-electron chi connectivity index (χ2n) is 6.08. The molecule has 7 nitrogen and oxygen atoms in total. The molecule has 0 aliphatic carbocycles. The molecule has 0 bridgehead atoms. The number of amides is 1. The molecule has 108 valence electrons. The first kappa shape index (κ1) is 14.1. The summed E-state index contributed by atoms with van der Waals surface area (Å²) in [6.45, 7) is 5.49. The highest BCUT2D eigenvalue weighted by atomic mass is 16.6. The Bertz CT molecular complexity index is 390. The minimum atomic E-state index is -1.23. The lowest BCUT2D eigenvalue weighted by Gasteiger charge is -2.34. The number of carbonyl (C=O) groups excluding carboxylic acids is 1. The third kappa shape index (κ3) is 2.28. The van der Waals surface area contributed by atoms with E-state index in [1.54, 1.807) is 20.8 Å². The number of hydrogen-bond donors (Lipinski definition) is 2. The van der Waals surface area contributed by atoms with Crippen LogP contribution in [0.15, 0.2) is 0 Å². The van der Waals surface area contributed by atoms with E-state index in [2.05, 4.69) is 5.32 Å². The molecule has 0 unspecified atom stereocenters. The summed E-state index contributed by atoms with van der Waals surface area (Å²) in [4.78, 5) is 23.4. The fraction of sp³-hybridized carbons (Fsp3) is 0.833. The summed E-state index contributed by atoms with van der Waals surface area (Å²) in [5, 5.41) is 12.1. The fourth-order valence-electron chi connectivity index (χ4n) is 2.45. The molecule has 0 saturated carbocycles. The van der Waals surface area contributed by atoms with Crippen molar-refractivity contribution in [3.05, 3.63) is 0 Å². The maximum Gasteiger partial charge on any atom is 0.408 e. The lowest BCUT2D eigenvalue weighted by Crippen LogP contribution is -2.62. The standard InChI is InChI=1S/C12H19NO6/c1-10(2,3)19-9(16)13-12-6-17-4-11(12,8(14)15)5-18-7-12/h4-7H2,1-3H3,(H,13,16)(H,14,15). The lowest BCUT2D eigenvalue weighted by atomic mass is 9.74. The molecule has 2 heterocycles. The fourth-order valence-corrected chi connectivity index (χ4v) is 2.45. The van der Waals surface area contributed by atoms with Gasteiger partial charge in [0.05, 0.1) is 26.4 Å². The normalized spacial score (nSPS) is 33.8. The molecular weight excluding hydrogens is 254 g/mol. The number of carboxylic acid groups (broad SMARTS) is 1. The van der Waals surface area contributed by atoms with Crippen LogP contribution in [0.5, 0.6) is 0 Å². The van der Waals surface area contributed by atoms with Crippen molar-refractivity contribution in [2.24, 2.45) is 5.41 Å². The average molecular weight is 273 g/mol. The highest BCUT2D eigenvalue weighted by molar-refractivity contribution is 5.80. The predicted octanol–water partition coefficient (Wildman–Crippen LogP) is 0.381. The molecule has 0 aromatic rings. The number of fused-ring (bicyclic) bond motifs is 1. The number of rotatable bonds is 2. The van der Waals surface area contributed by atoms with Gasteiger partial charge in [-0.3, -0.25) is 4.79 Å². The van der Waals surface area contributed by atoms with Crippen LogP contribution in [0.4, 0.5) is 4.79 Å². The number of ether oxygens (including phenoxy) is 3. The monoisotopic (exact) mass is 273 g/mol. The number of carboxylic acids is 1. The summed E-state index contributed by atoms with van der Waals surface area (Å²) in [5.41, 5.74) is -2.93. The minimum Gasteiger partial charge on any atom is -0.481 e. The van der Waals surface area contributed by atoms with Crippen LogP contribution in [0.3, 0.4) is 0 Å². The van der Waals surface area contributed by atoms with Gasteiger partial charge in [-0.05, 0) is 20.8 Å². The molecule has 1 amide bonds. The molecular formula is C12H19NO6. The lowest BCUT2D eigenvalue weighted by molar-refractivity contribution is -0.151. The maximum absolute atomic E-state index is 11.9. The Morgan fingerprint density at radius 3 is 2.11 bits per heavy atom. The number of alkyl carbamates (subject to hydrolysis) is 1. The topological polar surface area (TPSA) is 94.1 Å². The molecule has 0 aromatic carbocycles. The Kier molecular flexibility index (Phi) is 3.22. The van der Waals surface area contributed by atoms with Gasteiger partial charge in [0.2, 0.25) is 0 Å². The summed E-state index contributed by atoms with van der Waals surface area (Å²) in [5.74, 6) is -1.03. The number of aliphatic carboxylic acids is 1. The third-order valence-corrected chi connectivity index (χ3v) is 3.46.